The van der Waals surface area contributed by atoms with Crippen molar-refractivity contribution < 1.29 is 4.84 Å². The third-order valence-corrected chi connectivity index (χ3v) is 1.94. The zero-order valence-electron chi connectivity index (χ0n) is 7.84. The van der Waals surface area contributed by atoms with Crippen molar-refractivity contribution in [3.05, 3.63) is 54.4 Å². The fourth-order valence-corrected chi connectivity index (χ4v) is 1.23. The molecule has 0 unspecified atom stereocenters. The zero-order valence-corrected chi connectivity index (χ0v) is 7.84. The highest BCUT2D eigenvalue weighted by atomic mass is 16.7. The van der Waals surface area contributed by atoms with Crippen molar-refractivity contribution in [3.63, 3.8) is 0 Å². The third-order valence-electron chi connectivity index (χ3n) is 1.94. The maximum absolute atomic E-state index is 5.36. The lowest BCUT2D eigenvalue weighted by atomic mass is 10.2. The highest BCUT2D eigenvalue weighted by Gasteiger charge is 1.92. The second-order valence-electron chi connectivity index (χ2n) is 2.98. The molecule has 0 aliphatic carbocycles. The third kappa shape index (κ3) is 2.36. The molecule has 0 aliphatic heterocycles. The highest BCUT2D eigenvalue weighted by Crippen LogP contribution is 1.98. The molecule has 0 saturated carbocycles. The zero-order chi connectivity index (χ0) is 9.64. The summed E-state index contributed by atoms with van der Waals surface area (Å²) in [6.45, 7) is 0.645. The molecule has 0 aliphatic rings. The van der Waals surface area contributed by atoms with Gasteiger partial charge in [0, 0.05) is 6.42 Å². The number of rotatable bonds is 4. The summed E-state index contributed by atoms with van der Waals surface area (Å²) < 4.78 is 0. The van der Waals surface area contributed by atoms with Crippen LogP contribution in [0.15, 0.2) is 48.8 Å². The fourth-order valence-electron chi connectivity index (χ4n) is 1.23. The quantitative estimate of drug-likeness (QED) is 0.728. The van der Waals surface area contributed by atoms with Crippen LogP contribution >= 0.6 is 0 Å². The minimum absolute atomic E-state index is 0.645. The molecule has 0 fully saturated rings. The standard InChI is InChI=1S/C11H12N2O/c1-2-5-11(6-3-1)7-10-14-13-9-4-8-12-13/h1-6,8-9H,7,10H2. The maximum Gasteiger partial charge on any atom is 0.121 e. The number of aromatic nitrogens is 2. The first kappa shape index (κ1) is 8.81. The van der Waals surface area contributed by atoms with Crippen LogP contribution in [0.2, 0.25) is 0 Å². The van der Waals surface area contributed by atoms with Gasteiger partial charge in [0.15, 0.2) is 0 Å². The van der Waals surface area contributed by atoms with Crippen molar-refractivity contribution in [1.29, 1.82) is 0 Å². The number of hydrogen-bond acceptors (Lipinski definition) is 2. The SMILES string of the molecule is c1ccc(CCOn2cccn2)cc1. The van der Waals surface area contributed by atoms with Crippen LogP contribution in [0.3, 0.4) is 0 Å². The predicted octanol–water partition coefficient (Wildman–Crippen LogP) is 1.55. The predicted molar refractivity (Wildman–Crippen MR) is 53.8 cm³/mol. The summed E-state index contributed by atoms with van der Waals surface area (Å²) in [4.78, 5) is 6.83. The van der Waals surface area contributed by atoms with E-state index in [2.05, 4.69) is 17.2 Å². The van der Waals surface area contributed by atoms with Gasteiger partial charge in [-0.3, -0.25) is 0 Å². The van der Waals surface area contributed by atoms with Crippen molar-refractivity contribution in [2.24, 2.45) is 0 Å². The normalized spacial score (nSPS) is 10.0. The first-order valence-electron chi connectivity index (χ1n) is 4.62. The Labute approximate surface area is 82.9 Å². The Morgan fingerprint density at radius 3 is 2.71 bits per heavy atom. The molecule has 0 saturated heterocycles. The molecular formula is C11H12N2O. The highest BCUT2D eigenvalue weighted by molar-refractivity contribution is 5.14. The lowest BCUT2D eigenvalue weighted by Crippen LogP contribution is -2.14. The van der Waals surface area contributed by atoms with Gasteiger partial charge in [0.25, 0.3) is 0 Å². The van der Waals surface area contributed by atoms with Crippen LogP contribution in [-0.2, 0) is 6.42 Å². The molecule has 0 N–H and O–H groups in total. The Balaban J connectivity index is 1.79. The summed E-state index contributed by atoms with van der Waals surface area (Å²) in [5.74, 6) is 0. The lowest BCUT2D eigenvalue weighted by Gasteiger charge is -2.04. The van der Waals surface area contributed by atoms with E-state index >= 15 is 0 Å². The largest absolute Gasteiger partial charge is 0.396 e. The van der Waals surface area contributed by atoms with Crippen molar-refractivity contribution >= 4 is 0 Å². The van der Waals surface area contributed by atoms with E-state index in [9.17, 15) is 0 Å². The van der Waals surface area contributed by atoms with Gasteiger partial charge in [-0.05, 0) is 11.6 Å². The molecule has 72 valence electrons. The van der Waals surface area contributed by atoms with Gasteiger partial charge in [0.05, 0.1) is 12.4 Å². The summed E-state index contributed by atoms with van der Waals surface area (Å²) in [6, 6.07) is 12.1. The van der Waals surface area contributed by atoms with Gasteiger partial charge in [-0.25, -0.2) is 0 Å². The van der Waals surface area contributed by atoms with Crippen LogP contribution in [-0.4, -0.2) is 16.6 Å². The second-order valence-corrected chi connectivity index (χ2v) is 2.98. The Kier molecular flexibility index (Phi) is 2.81. The fraction of sp³-hybridized carbons (Fsp3) is 0.182. The first-order chi connectivity index (χ1) is 6.95. The van der Waals surface area contributed by atoms with Crippen LogP contribution in [0.4, 0.5) is 0 Å². The van der Waals surface area contributed by atoms with Gasteiger partial charge < -0.3 is 4.84 Å². The molecule has 2 rings (SSSR count). The molecule has 0 atom stereocenters. The minimum Gasteiger partial charge on any atom is -0.396 e. The van der Waals surface area contributed by atoms with E-state index < -0.39 is 0 Å². The molecule has 1 aromatic heterocycles. The molecule has 0 spiro atoms. The monoisotopic (exact) mass is 188 g/mol. The molecule has 2 aromatic rings. The molecule has 3 heteroatoms. The molecule has 1 heterocycles. The Morgan fingerprint density at radius 2 is 2.00 bits per heavy atom. The molecule has 0 amide bonds. The maximum atomic E-state index is 5.36. The summed E-state index contributed by atoms with van der Waals surface area (Å²) >= 11 is 0. The average molecular weight is 188 g/mol. The van der Waals surface area contributed by atoms with E-state index in [4.69, 9.17) is 4.84 Å². The van der Waals surface area contributed by atoms with Crippen molar-refractivity contribution in [2.45, 2.75) is 6.42 Å². The number of nitrogens with zero attached hydrogens (tertiary/aromatic N) is 2. The Bertz CT molecular complexity index is 356. The van der Waals surface area contributed by atoms with Crippen molar-refractivity contribution in [3.8, 4) is 0 Å². The number of benzene rings is 1. The topological polar surface area (TPSA) is 27.1 Å². The molecule has 0 radical (unpaired) electrons. The van der Waals surface area contributed by atoms with Gasteiger partial charge in [0.2, 0.25) is 0 Å². The van der Waals surface area contributed by atoms with Crippen LogP contribution in [0.1, 0.15) is 5.56 Å². The van der Waals surface area contributed by atoms with E-state index in [0.717, 1.165) is 6.42 Å². The average Bonchev–Trinajstić information content (AvgIpc) is 2.72. The minimum atomic E-state index is 0.645. The van der Waals surface area contributed by atoms with Gasteiger partial charge in [-0.15, -0.1) is 9.94 Å². The lowest BCUT2D eigenvalue weighted by molar-refractivity contribution is 0.0847. The van der Waals surface area contributed by atoms with Gasteiger partial charge >= 0.3 is 0 Å². The van der Waals surface area contributed by atoms with Gasteiger partial charge in [0.1, 0.15) is 6.61 Å². The van der Waals surface area contributed by atoms with Crippen LogP contribution < -0.4 is 4.84 Å². The molecule has 0 bridgehead atoms. The summed E-state index contributed by atoms with van der Waals surface area (Å²) in [5.41, 5.74) is 1.28. The second kappa shape index (κ2) is 4.46. The molecule has 14 heavy (non-hydrogen) atoms. The van der Waals surface area contributed by atoms with E-state index in [1.54, 1.807) is 12.4 Å². The van der Waals surface area contributed by atoms with E-state index in [1.165, 1.54) is 10.4 Å². The smallest absolute Gasteiger partial charge is 0.121 e. The van der Waals surface area contributed by atoms with Crippen LogP contribution in [0.25, 0.3) is 0 Å². The van der Waals surface area contributed by atoms with Crippen molar-refractivity contribution in [2.75, 3.05) is 6.61 Å². The van der Waals surface area contributed by atoms with Crippen molar-refractivity contribution in [1.82, 2.24) is 9.94 Å². The van der Waals surface area contributed by atoms with Gasteiger partial charge in [-0.2, -0.15) is 0 Å². The van der Waals surface area contributed by atoms with Gasteiger partial charge in [-0.1, -0.05) is 30.3 Å². The van der Waals surface area contributed by atoms with Crippen LogP contribution in [0.5, 0.6) is 0 Å². The Morgan fingerprint density at radius 1 is 1.14 bits per heavy atom. The van der Waals surface area contributed by atoms with E-state index in [-0.39, 0.29) is 0 Å². The molecule has 1 aromatic carbocycles. The first-order valence-corrected chi connectivity index (χ1v) is 4.62. The van der Waals surface area contributed by atoms with E-state index in [1.807, 2.05) is 24.3 Å². The summed E-state index contributed by atoms with van der Waals surface area (Å²) in [5, 5.41) is 3.94. The molecule has 3 nitrogen and oxygen atoms in total. The summed E-state index contributed by atoms with van der Waals surface area (Å²) in [7, 11) is 0. The Hall–Kier alpha value is -1.77. The number of hydrogen-bond donors (Lipinski definition) is 0. The molecular weight excluding hydrogens is 176 g/mol. The summed E-state index contributed by atoms with van der Waals surface area (Å²) in [6.07, 6.45) is 4.38. The van der Waals surface area contributed by atoms with E-state index in [0.29, 0.717) is 6.61 Å². The van der Waals surface area contributed by atoms with Crippen LogP contribution in [0, 0.1) is 0 Å².